The van der Waals surface area contributed by atoms with Crippen LogP contribution in [-0.4, -0.2) is 52.1 Å². The van der Waals surface area contributed by atoms with Gasteiger partial charge in [0.25, 0.3) is 0 Å². The molecule has 6 nitrogen and oxygen atoms in total. The molecule has 0 spiro atoms. The molecule has 7 heteroatoms. The maximum absolute atomic E-state index is 13.2. The molecule has 1 aromatic heterocycles. The average Bonchev–Trinajstić information content (AvgIpc) is 2.55. The highest BCUT2D eigenvalue weighted by Crippen LogP contribution is 2.19. The van der Waals surface area contributed by atoms with Crippen molar-refractivity contribution in [3.8, 4) is 0 Å². The van der Waals surface area contributed by atoms with Crippen LogP contribution in [0.15, 0.2) is 36.8 Å². The van der Waals surface area contributed by atoms with Gasteiger partial charge in [0.2, 0.25) is 0 Å². The number of hydrogen-bond acceptors (Lipinski definition) is 5. The predicted molar refractivity (Wildman–Crippen MR) is 82.9 cm³/mol. The lowest BCUT2D eigenvalue weighted by Crippen LogP contribution is -2.46. The van der Waals surface area contributed by atoms with Crippen LogP contribution in [0.5, 0.6) is 0 Å². The fourth-order valence-corrected chi connectivity index (χ4v) is 2.74. The van der Waals surface area contributed by atoms with E-state index < -0.39 is 5.97 Å². The molecule has 0 bridgehead atoms. The Morgan fingerprint density at radius 2 is 2.04 bits per heavy atom. The minimum atomic E-state index is -1.03. The van der Waals surface area contributed by atoms with Crippen LogP contribution in [0.3, 0.4) is 0 Å². The lowest BCUT2D eigenvalue weighted by Gasteiger charge is -2.35. The van der Waals surface area contributed by atoms with E-state index in [-0.39, 0.29) is 11.4 Å². The number of rotatable bonds is 4. The van der Waals surface area contributed by atoms with E-state index in [2.05, 4.69) is 14.9 Å². The maximum atomic E-state index is 13.2. The normalized spacial score (nSPS) is 15.6. The first-order valence-corrected chi connectivity index (χ1v) is 7.38. The van der Waals surface area contributed by atoms with E-state index in [0.29, 0.717) is 25.5 Å². The molecule has 0 unspecified atom stereocenters. The summed E-state index contributed by atoms with van der Waals surface area (Å²) in [6, 6.07) is 6.59. The molecular formula is C16H17FN4O2. The molecule has 0 radical (unpaired) electrons. The third kappa shape index (κ3) is 3.62. The summed E-state index contributed by atoms with van der Waals surface area (Å²) in [5, 5.41) is 9.22. The lowest BCUT2D eigenvalue weighted by atomic mass is 10.2. The van der Waals surface area contributed by atoms with E-state index in [0.717, 1.165) is 18.7 Å². The zero-order valence-electron chi connectivity index (χ0n) is 12.5. The molecule has 1 aliphatic rings. The van der Waals surface area contributed by atoms with Gasteiger partial charge in [-0.15, -0.1) is 0 Å². The van der Waals surface area contributed by atoms with Crippen LogP contribution in [0.4, 0.5) is 10.2 Å². The van der Waals surface area contributed by atoms with Gasteiger partial charge in [-0.05, 0) is 17.7 Å². The summed E-state index contributed by atoms with van der Waals surface area (Å²) in [4.78, 5) is 23.3. The Balaban J connectivity index is 1.64. The third-order valence-corrected chi connectivity index (χ3v) is 3.89. The standard InChI is InChI=1S/C16H17FN4O2/c17-13-3-1-2-12(8-13)10-20-4-6-21(7-5-20)15-14(16(22)23)9-18-11-19-15/h1-3,8-9,11H,4-7,10H2,(H,22,23). The Hall–Kier alpha value is -2.54. The summed E-state index contributed by atoms with van der Waals surface area (Å²) in [6.07, 6.45) is 2.69. The number of aromatic nitrogens is 2. The Bertz CT molecular complexity index is 702. The van der Waals surface area contributed by atoms with Crippen molar-refractivity contribution < 1.29 is 14.3 Å². The summed E-state index contributed by atoms with van der Waals surface area (Å²) in [7, 11) is 0. The number of carboxylic acids is 1. The first-order valence-electron chi connectivity index (χ1n) is 7.38. The van der Waals surface area contributed by atoms with E-state index in [1.54, 1.807) is 12.1 Å². The number of nitrogens with zero attached hydrogens (tertiary/aromatic N) is 4. The second kappa shape index (κ2) is 6.70. The van der Waals surface area contributed by atoms with Crippen molar-refractivity contribution in [3.05, 3.63) is 53.7 Å². The van der Waals surface area contributed by atoms with Gasteiger partial charge in [0.05, 0.1) is 0 Å². The number of hydrogen-bond donors (Lipinski definition) is 1. The molecule has 1 aliphatic heterocycles. The number of piperazine rings is 1. The fourth-order valence-electron chi connectivity index (χ4n) is 2.74. The summed E-state index contributed by atoms with van der Waals surface area (Å²) in [5.74, 6) is -0.797. The van der Waals surface area contributed by atoms with Crippen molar-refractivity contribution in [1.82, 2.24) is 14.9 Å². The zero-order valence-corrected chi connectivity index (χ0v) is 12.5. The van der Waals surface area contributed by atoms with Crippen LogP contribution in [0.25, 0.3) is 0 Å². The lowest BCUT2D eigenvalue weighted by molar-refractivity contribution is 0.0696. The monoisotopic (exact) mass is 316 g/mol. The molecule has 0 aliphatic carbocycles. The number of aromatic carboxylic acids is 1. The molecule has 0 saturated carbocycles. The zero-order chi connectivity index (χ0) is 16.2. The SMILES string of the molecule is O=C(O)c1cncnc1N1CCN(Cc2cccc(F)c2)CC1. The van der Waals surface area contributed by atoms with Crippen LogP contribution in [0.2, 0.25) is 0 Å². The first-order chi connectivity index (χ1) is 11.1. The Labute approximate surface area is 133 Å². The average molecular weight is 316 g/mol. The second-order valence-corrected chi connectivity index (χ2v) is 5.46. The van der Waals surface area contributed by atoms with Crippen molar-refractivity contribution >= 4 is 11.8 Å². The van der Waals surface area contributed by atoms with Gasteiger partial charge in [0.15, 0.2) is 0 Å². The highest BCUT2D eigenvalue weighted by molar-refractivity contribution is 5.92. The van der Waals surface area contributed by atoms with Gasteiger partial charge in [-0.25, -0.2) is 19.2 Å². The number of halogens is 1. The maximum Gasteiger partial charge on any atom is 0.341 e. The van der Waals surface area contributed by atoms with Gasteiger partial charge >= 0.3 is 5.97 Å². The van der Waals surface area contributed by atoms with Crippen molar-refractivity contribution in [3.63, 3.8) is 0 Å². The molecule has 1 aromatic carbocycles. The number of carboxylic acid groups (broad SMARTS) is 1. The van der Waals surface area contributed by atoms with Crippen LogP contribution in [0.1, 0.15) is 15.9 Å². The van der Waals surface area contributed by atoms with E-state index in [1.165, 1.54) is 18.6 Å². The van der Waals surface area contributed by atoms with Gasteiger partial charge in [-0.2, -0.15) is 0 Å². The number of benzene rings is 1. The van der Waals surface area contributed by atoms with E-state index in [9.17, 15) is 14.3 Å². The van der Waals surface area contributed by atoms with Crippen molar-refractivity contribution in [2.24, 2.45) is 0 Å². The van der Waals surface area contributed by atoms with Crippen molar-refractivity contribution in [2.75, 3.05) is 31.1 Å². The first kappa shape index (κ1) is 15.4. The van der Waals surface area contributed by atoms with Crippen LogP contribution in [-0.2, 0) is 6.54 Å². The topological polar surface area (TPSA) is 69.6 Å². The van der Waals surface area contributed by atoms with Gasteiger partial charge in [0, 0.05) is 38.9 Å². The minimum absolute atomic E-state index is 0.117. The molecule has 2 heterocycles. The van der Waals surface area contributed by atoms with Crippen LogP contribution >= 0.6 is 0 Å². The second-order valence-electron chi connectivity index (χ2n) is 5.46. The third-order valence-electron chi connectivity index (χ3n) is 3.89. The van der Waals surface area contributed by atoms with Crippen LogP contribution < -0.4 is 4.90 Å². The van der Waals surface area contributed by atoms with Gasteiger partial charge in [-0.1, -0.05) is 12.1 Å². The molecule has 3 rings (SSSR count). The minimum Gasteiger partial charge on any atom is -0.477 e. The Morgan fingerprint density at radius 3 is 2.74 bits per heavy atom. The van der Waals surface area contributed by atoms with E-state index in [1.807, 2.05) is 11.0 Å². The fraction of sp³-hybridized carbons (Fsp3) is 0.312. The van der Waals surface area contributed by atoms with Gasteiger partial charge < -0.3 is 10.0 Å². The predicted octanol–water partition coefficient (Wildman–Crippen LogP) is 1.64. The van der Waals surface area contributed by atoms with Crippen LogP contribution in [0, 0.1) is 5.82 Å². The quantitative estimate of drug-likeness (QED) is 0.925. The molecule has 0 amide bonds. The number of carbonyl (C=O) groups is 1. The largest absolute Gasteiger partial charge is 0.477 e. The van der Waals surface area contributed by atoms with Gasteiger partial charge in [0.1, 0.15) is 23.5 Å². The molecule has 23 heavy (non-hydrogen) atoms. The smallest absolute Gasteiger partial charge is 0.341 e. The molecular weight excluding hydrogens is 299 g/mol. The summed E-state index contributed by atoms with van der Waals surface area (Å²) < 4.78 is 13.2. The van der Waals surface area contributed by atoms with Gasteiger partial charge in [-0.3, -0.25) is 4.90 Å². The number of anilines is 1. The van der Waals surface area contributed by atoms with E-state index in [4.69, 9.17) is 0 Å². The summed E-state index contributed by atoms with van der Waals surface area (Å²) in [6.45, 7) is 3.56. The highest BCUT2D eigenvalue weighted by Gasteiger charge is 2.22. The van der Waals surface area contributed by atoms with E-state index >= 15 is 0 Å². The van der Waals surface area contributed by atoms with Crippen molar-refractivity contribution in [2.45, 2.75) is 6.54 Å². The summed E-state index contributed by atoms with van der Waals surface area (Å²) >= 11 is 0. The molecule has 1 fully saturated rings. The highest BCUT2D eigenvalue weighted by atomic mass is 19.1. The molecule has 0 atom stereocenters. The molecule has 1 saturated heterocycles. The molecule has 2 aromatic rings. The Kier molecular flexibility index (Phi) is 4.47. The molecule has 120 valence electrons. The van der Waals surface area contributed by atoms with Crippen molar-refractivity contribution in [1.29, 1.82) is 0 Å². The molecule has 1 N–H and O–H groups in total. The summed E-state index contributed by atoms with van der Waals surface area (Å²) in [5.41, 5.74) is 1.05. The Morgan fingerprint density at radius 1 is 1.26 bits per heavy atom.